The summed E-state index contributed by atoms with van der Waals surface area (Å²) in [7, 11) is 0. The van der Waals surface area contributed by atoms with E-state index in [-0.39, 0.29) is 11.6 Å². The van der Waals surface area contributed by atoms with Crippen LogP contribution in [0.5, 0.6) is 11.5 Å². The fourth-order valence-corrected chi connectivity index (χ4v) is 2.19. The predicted molar refractivity (Wildman–Crippen MR) is 82.9 cm³/mol. The zero-order valence-corrected chi connectivity index (χ0v) is 13.0. The van der Waals surface area contributed by atoms with Crippen molar-refractivity contribution >= 4 is 23.2 Å². The molecule has 0 aliphatic heterocycles. The molecule has 0 radical (unpaired) electrons. The Morgan fingerprint density at radius 3 is 2.62 bits per heavy atom. The number of rotatable bonds is 6. The molecule has 2 nitrogen and oxygen atoms in total. The molecule has 0 N–H and O–H groups in total. The van der Waals surface area contributed by atoms with Gasteiger partial charge in [-0.05, 0) is 30.7 Å². The molecule has 0 spiro atoms. The Morgan fingerprint density at radius 1 is 1.10 bits per heavy atom. The molecular formula is C16H15Cl2FO2. The third kappa shape index (κ3) is 4.02. The molecule has 0 amide bonds. The van der Waals surface area contributed by atoms with Gasteiger partial charge in [0.05, 0.1) is 11.6 Å². The van der Waals surface area contributed by atoms with Crippen molar-refractivity contribution in [2.75, 3.05) is 6.61 Å². The van der Waals surface area contributed by atoms with Crippen LogP contribution in [0.1, 0.15) is 18.1 Å². The highest BCUT2D eigenvalue weighted by Gasteiger charge is 2.10. The largest absolute Gasteiger partial charge is 0.490 e. The van der Waals surface area contributed by atoms with E-state index in [0.29, 0.717) is 29.5 Å². The highest BCUT2D eigenvalue weighted by atomic mass is 35.5. The van der Waals surface area contributed by atoms with Gasteiger partial charge in [-0.25, -0.2) is 4.39 Å². The molecule has 0 aromatic heterocycles. The number of alkyl halides is 1. The van der Waals surface area contributed by atoms with Crippen molar-refractivity contribution in [1.29, 1.82) is 0 Å². The summed E-state index contributed by atoms with van der Waals surface area (Å²) in [5.74, 6) is 1.13. The van der Waals surface area contributed by atoms with E-state index >= 15 is 0 Å². The fraction of sp³-hybridized carbons (Fsp3) is 0.250. The zero-order chi connectivity index (χ0) is 15.2. The lowest BCUT2D eigenvalue weighted by Gasteiger charge is -2.13. The fourth-order valence-electron chi connectivity index (χ4n) is 1.84. The van der Waals surface area contributed by atoms with E-state index < -0.39 is 5.82 Å². The molecule has 21 heavy (non-hydrogen) atoms. The van der Waals surface area contributed by atoms with Gasteiger partial charge in [-0.15, -0.1) is 11.6 Å². The summed E-state index contributed by atoms with van der Waals surface area (Å²) in [6.07, 6.45) is 0. The molecule has 0 unspecified atom stereocenters. The first-order valence-electron chi connectivity index (χ1n) is 6.53. The summed E-state index contributed by atoms with van der Waals surface area (Å²) in [6.45, 7) is 2.57. The Labute approximate surface area is 133 Å². The minimum absolute atomic E-state index is 0.0767. The zero-order valence-electron chi connectivity index (χ0n) is 11.5. The van der Waals surface area contributed by atoms with Crippen LogP contribution in [-0.2, 0) is 12.5 Å². The first-order chi connectivity index (χ1) is 10.2. The lowest BCUT2D eigenvalue weighted by molar-refractivity contribution is 0.269. The molecule has 5 heteroatoms. The van der Waals surface area contributed by atoms with Gasteiger partial charge in [0.15, 0.2) is 11.5 Å². The molecule has 2 aromatic carbocycles. The van der Waals surface area contributed by atoms with Gasteiger partial charge in [0.25, 0.3) is 0 Å². The minimum Gasteiger partial charge on any atom is -0.490 e. The van der Waals surface area contributed by atoms with Crippen molar-refractivity contribution in [3.05, 3.63) is 58.4 Å². The average molecular weight is 329 g/mol. The maximum atomic E-state index is 13.4. The molecule has 0 aliphatic rings. The summed E-state index contributed by atoms with van der Waals surface area (Å²) >= 11 is 11.7. The normalized spacial score (nSPS) is 10.5. The van der Waals surface area contributed by atoms with E-state index in [0.717, 1.165) is 5.56 Å². The van der Waals surface area contributed by atoms with Crippen molar-refractivity contribution < 1.29 is 13.9 Å². The SMILES string of the molecule is CCOc1cc(CCl)ccc1OCc1cccc(F)c1Cl. The average Bonchev–Trinajstić information content (AvgIpc) is 2.50. The molecular weight excluding hydrogens is 314 g/mol. The highest BCUT2D eigenvalue weighted by Crippen LogP contribution is 2.30. The lowest BCUT2D eigenvalue weighted by Crippen LogP contribution is -2.01. The molecule has 0 bridgehead atoms. The monoisotopic (exact) mass is 328 g/mol. The predicted octanol–water partition coefficient (Wildman–Crippen LogP) is 5.20. The molecule has 0 aliphatic carbocycles. The number of hydrogen-bond acceptors (Lipinski definition) is 2. The summed E-state index contributed by atoms with van der Waals surface area (Å²) < 4.78 is 24.6. The van der Waals surface area contributed by atoms with Crippen LogP contribution in [-0.4, -0.2) is 6.61 Å². The second kappa shape index (κ2) is 7.53. The smallest absolute Gasteiger partial charge is 0.161 e. The van der Waals surface area contributed by atoms with E-state index in [1.807, 2.05) is 19.1 Å². The maximum absolute atomic E-state index is 13.4. The van der Waals surface area contributed by atoms with Gasteiger partial charge in [-0.1, -0.05) is 29.8 Å². The first-order valence-corrected chi connectivity index (χ1v) is 7.44. The summed E-state index contributed by atoms with van der Waals surface area (Å²) in [5.41, 5.74) is 1.52. The number of benzene rings is 2. The van der Waals surface area contributed by atoms with Crippen molar-refractivity contribution in [1.82, 2.24) is 0 Å². The first kappa shape index (κ1) is 15.9. The third-order valence-corrected chi connectivity index (χ3v) is 3.61. The Bertz CT molecular complexity index is 617. The minimum atomic E-state index is -0.458. The summed E-state index contributed by atoms with van der Waals surface area (Å²) in [6, 6.07) is 10.1. The van der Waals surface area contributed by atoms with Crippen molar-refractivity contribution in [2.24, 2.45) is 0 Å². The molecule has 0 fully saturated rings. The number of hydrogen-bond donors (Lipinski definition) is 0. The highest BCUT2D eigenvalue weighted by molar-refractivity contribution is 6.31. The quantitative estimate of drug-likeness (QED) is 0.679. The maximum Gasteiger partial charge on any atom is 0.161 e. The van der Waals surface area contributed by atoms with Gasteiger partial charge in [0, 0.05) is 11.4 Å². The van der Waals surface area contributed by atoms with Crippen LogP contribution < -0.4 is 9.47 Å². The Hall–Kier alpha value is -1.45. The van der Waals surface area contributed by atoms with Crippen LogP contribution in [0.4, 0.5) is 4.39 Å². The van der Waals surface area contributed by atoms with E-state index in [1.165, 1.54) is 6.07 Å². The van der Waals surface area contributed by atoms with Crippen LogP contribution in [0.15, 0.2) is 36.4 Å². The second-order valence-corrected chi connectivity index (χ2v) is 4.99. The molecule has 0 saturated carbocycles. The van der Waals surface area contributed by atoms with Crippen LogP contribution in [0.3, 0.4) is 0 Å². The van der Waals surface area contributed by atoms with Gasteiger partial charge in [0.2, 0.25) is 0 Å². The Morgan fingerprint density at radius 2 is 1.90 bits per heavy atom. The molecule has 0 saturated heterocycles. The van der Waals surface area contributed by atoms with Gasteiger partial charge in [-0.2, -0.15) is 0 Å². The van der Waals surface area contributed by atoms with E-state index in [9.17, 15) is 4.39 Å². The second-order valence-electron chi connectivity index (χ2n) is 4.35. The van der Waals surface area contributed by atoms with Gasteiger partial charge >= 0.3 is 0 Å². The molecule has 2 aromatic rings. The topological polar surface area (TPSA) is 18.5 Å². The van der Waals surface area contributed by atoms with Crippen molar-refractivity contribution in [3.63, 3.8) is 0 Å². The number of halogens is 3. The third-order valence-electron chi connectivity index (χ3n) is 2.88. The van der Waals surface area contributed by atoms with E-state index in [1.54, 1.807) is 18.2 Å². The number of ether oxygens (including phenoxy) is 2. The molecule has 112 valence electrons. The van der Waals surface area contributed by atoms with Crippen LogP contribution >= 0.6 is 23.2 Å². The van der Waals surface area contributed by atoms with Gasteiger partial charge in [-0.3, -0.25) is 0 Å². The van der Waals surface area contributed by atoms with Crippen LogP contribution in [0.25, 0.3) is 0 Å². The lowest BCUT2D eigenvalue weighted by atomic mass is 10.2. The standard InChI is InChI=1S/C16H15Cl2FO2/c1-2-20-15-8-11(9-17)6-7-14(15)21-10-12-4-3-5-13(19)16(12)18/h3-8H,2,9-10H2,1H3. The van der Waals surface area contributed by atoms with Crippen LogP contribution in [0.2, 0.25) is 5.02 Å². The molecule has 2 rings (SSSR count). The molecule has 0 atom stereocenters. The van der Waals surface area contributed by atoms with Gasteiger partial charge < -0.3 is 9.47 Å². The summed E-state index contributed by atoms with van der Waals surface area (Å²) in [5, 5.41) is 0.0767. The molecule has 0 heterocycles. The van der Waals surface area contributed by atoms with E-state index in [4.69, 9.17) is 32.7 Å². The van der Waals surface area contributed by atoms with Crippen molar-refractivity contribution in [2.45, 2.75) is 19.4 Å². The van der Waals surface area contributed by atoms with Crippen LogP contribution in [0, 0.1) is 5.82 Å². The van der Waals surface area contributed by atoms with Crippen molar-refractivity contribution in [3.8, 4) is 11.5 Å². The summed E-state index contributed by atoms with van der Waals surface area (Å²) in [4.78, 5) is 0. The van der Waals surface area contributed by atoms with Gasteiger partial charge in [0.1, 0.15) is 12.4 Å². The van der Waals surface area contributed by atoms with E-state index in [2.05, 4.69) is 0 Å². The Balaban J connectivity index is 2.17. The Kier molecular flexibility index (Phi) is 5.71.